The van der Waals surface area contributed by atoms with Crippen LogP contribution in [0.3, 0.4) is 0 Å². The van der Waals surface area contributed by atoms with E-state index in [0.717, 1.165) is 17.7 Å². The molecule has 0 aromatic heterocycles. The topological polar surface area (TPSA) is 58.2 Å². The van der Waals surface area contributed by atoms with Gasteiger partial charge in [-0.3, -0.25) is 5.32 Å². The summed E-state index contributed by atoms with van der Waals surface area (Å²) in [6.07, 6.45) is -0.309. The van der Waals surface area contributed by atoms with Crippen LogP contribution >= 0.6 is 0 Å². The summed E-state index contributed by atoms with van der Waals surface area (Å²) in [7, 11) is 0. The van der Waals surface area contributed by atoms with Gasteiger partial charge in [-0.25, -0.2) is 9.90 Å². The lowest BCUT2D eigenvalue weighted by molar-refractivity contribution is 0.110. The first-order valence-corrected chi connectivity index (χ1v) is 4.48. The molecule has 0 saturated heterocycles. The van der Waals surface area contributed by atoms with Crippen molar-refractivity contribution in [1.29, 1.82) is 0 Å². The minimum absolute atomic E-state index is 0.477. The number of ether oxygens (including phenoxy) is 1. The molecule has 1 unspecified atom stereocenters. The zero-order valence-corrected chi connectivity index (χ0v) is 7.53. The van der Waals surface area contributed by atoms with Crippen molar-refractivity contribution in [3.05, 3.63) is 29.8 Å². The van der Waals surface area contributed by atoms with Crippen molar-refractivity contribution in [3.63, 3.8) is 0 Å². The Morgan fingerprint density at radius 2 is 2.21 bits per heavy atom. The molecule has 1 aliphatic rings. The molecule has 1 radical (unpaired) electrons. The zero-order valence-electron chi connectivity index (χ0n) is 7.53. The van der Waals surface area contributed by atoms with Crippen molar-refractivity contribution in [2.45, 2.75) is 19.1 Å². The molecular formula is C10H10NO3. The maximum Gasteiger partial charge on any atom is 0.453 e. The smallest absolute Gasteiger partial charge is 0.453 e. The summed E-state index contributed by atoms with van der Waals surface area (Å²) < 4.78 is 5.41. The van der Waals surface area contributed by atoms with E-state index in [1.54, 1.807) is 0 Å². The van der Waals surface area contributed by atoms with E-state index in [1.807, 2.05) is 24.3 Å². The number of benzene rings is 1. The minimum Gasteiger partial charge on any atom is -0.470 e. The third-order valence-corrected chi connectivity index (χ3v) is 2.20. The molecule has 0 fully saturated rings. The average Bonchev–Trinajstić information content (AvgIpc) is 2.17. The van der Waals surface area contributed by atoms with Gasteiger partial charge in [0, 0.05) is 6.42 Å². The number of carbonyl (C=O) groups excluding carboxylic acids is 1. The largest absolute Gasteiger partial charge is 0.470 e. The molecule has 0 bridgehead atoms. The molecule has 1 atom stereocenters. The number of hydrogen-bond donors (Lipinski definition) is 1. The monoisotopic (exact) mass is 192 g/mol. The van der Waals surface area contributed by atoms with Crippen LogP contribution in [0.2, 0.25) is 0 Å². The fourth-order valence-corrected chi connectivity index (χ4v) is 1.56. The first-order valence-electron chi connectivity index (χ1n) is 4.48. The van der Waals surface area contributed by atoms with Crippen molar-refractivity contribution >= 4 is 6.09 Å². The van der Waals surface area contributed by atoms with Gasteiger partial charge in [0.15, 0.2) is 6.23 Å². The highest BCUT2D eigenvalue weighted by atomic mass is 16.5. The molecule has 0 aliphatic carbocycles. The van der Waals surface area contributed by atoms with Gasteiger partial charge >= 0.3 is 6.09 Å². The molecule has 0 saturated carbocycles. The summed E-state index contributed by atoms with van der Waals surface area (Å²) in [5.74, 6) is 0.748. The molecule has 1 aliphatic heterocycles. The summed E-state index contributed by atoms with van der Waals surface area (Å²) in [6, 6.07) is 7.61. The van der Waals surface area contributed by atoms with Crippen LogP contribution in [0, 0.1) is 0 Å². The Labute approximate surface area is 81.5 Å². The Bertz CT molecular complexity index is 351. The SMILES string of the molecule is [O]C(=O)NC1CCc2ccccc2O1. The van der Waals surface area contributed by atoms with Crippen LogP contribution < -0.4 is 10.1 Å². The summed E-state index contributed by atoms with van der Waals surface area (Å²) in [5, 5.41) is 12.5. The van der Waals surface area contributed by atoms with Crippen LogP contribution in [0.5, 0.6) is 5.75 Å². The normalized spacial score (nSPS) is 19.3. The van der Waals surface area contributed by atoms with E-state index < -0.39 is 12.3 Å². The average molecular weight is 192 g/mol. The number of fused-ring (bicyclic) bond motifs is 1. The van der Waals surface area contributed by atoms with Crippen LogP contribution in [0.1, 0.15) is 12.0 Å². The zero-order chi connectivity index (χ0) is 9.97. The summed E-state index contributed by atoms with van der Waals surface area (Å²) >= 11 is 0. The summed E-state index contributed by atoms with van der Waals surface area (Å²) in [6.45, 7) is 0. The first kappa shape index (κ1) is 8.87. The second kappa shape index (κ2) is 3.57. The maximum absolute atomic E-state index is 10.3. The van der Waals surface area contributed by atoms with Crippen molar-refractivity contribution in [2.75, 3.05) is 0 Å². The molecule has 1 N–H and O–H groups in total. The maximum atomic E-state index is 10.3. The van der Waals surface area contributed by atoms with E-state index in [4.69, 9.17) is 4.74 Å². The fourth-order valence-electron chi connectivity index (χ4n) is 1.56. The van der Waals surface area contributed by atoms with Gasteiger partial charge in [0.05, 0.1) is 0 Å². The van der Waals surface area contributed by atoms with E-state index in [1.165, 1.54) is 0 Å². The van der Waals surface area contributed by atoms with Gasteiger partial charge in [0.25, 0.3) is 0 Å². The van der Waals surface area contributed by atoms with E-state index in [9.17, 15) is 9.90 Å². The molecule has 73 valence electrons. The number of nitrogens with one attached hydrogen (secondary N) is 1. The molecule has 0 spiro atoms. The van der Waals surface area contributed by atoms with Crippen LogP contribution in [0.25, 0.3) is 0 Å². The predicted octanol–water partition coefficient (Wildman–Crippen LogP) is 1.48. The minimum atomic E-state index is -1.30. The molecule has 1 heterocycles. The quantitative estimate of drug-likeness (QED) is 0.732. The Kier molecular flexibility index (Phi) is 2.26. The lowest BCUT2D eigenvalue weighted by Gasteiger charge is -2.25. The van der Waals surface area contributed by atoms with E-state index in [-0.39, 0.29) is 0 Å². The van der Waals surface area contributed by atoms with Gasteiger partial charge in [-0.2, -0.15) is 0 Å². The molecule has 1 aromatic rings. The fraction of sp³-hybridized carbons (Fsp3) is 0.300. The third-order valence-electron chi connectivity index (χ3n) is 2.20. The lowest BCUT2D eigenvalue weighted by Crippen LogP contribution is -2.39. The highest BCUT2D eigenvalue weighted by Gasteiger charge is 2.20. The van der Waals surface area contributed by atoms with Gasteiger partial charge in [-0.05, 0) is 18.1 Å². The van der Waals surface area contributed by atoms with Gasteiger partial charge < -0.3 is 4.74 Å². The van der Waals surface area contributed by atoms with Gasteiger partial charge in [-0.1, -0.05) is 18.2 Å². The standard InChI is InChI=1S/C10H10NO3/c12-10(13)11-9-6-5-7-3-1-2-4-8(7)14-9/h1-4,9,11H,5-6H2. The van der Waals surface area contributed by atoms with Gasteiger partial charge in [0.1, 0.15) is 5.75 Å². The van der Waals surface area contributed by atoms with Crippen LogP contribution in [-0.2, 0) is 11.5 Å². The lowest BCUT2D eigenvalue weighted by atomic mass is 10.1. The number of hydrogen-bond acceptors (Lipinski definition) is 2. The van der Waals surface area contributed by atoms with E-state index in [2.05, 4.69) is 5.32 Å². The number of rotatable bonds is 1. The van der Waals surface area contributed by atoms with Crippen LogP contribution in [0.15, 0.2) is 24.3 Å². The summed E-state index contributed by atoms with van der Waals surface area (Å²) in [4.78, 5) is 10.3. The molecule has 1 aromatic carbocycles. The second-order valence-electron chi connectivity index (χ2n) is 3.18. The Balaban J connectivity index is 2.09. The van der Waals surface area contributed by atoms with Crippen LogP contribution in [0.4, 0.5) is 4.79 Å². The second-order valence-corrected chi connectivity index (χ2v) is 3.18. The van der Waals surface area contributed by atoms with Crippen molar-refractivity contribution in [2.24, 2.45) is 0 Å². The first-order chi connectivity index (χ1) is 6.75. The highest BCUT2D eigenvalue weighted by molar-refractivity contribution is 5.64. The summed E-state index contributed by atoms with van der Waals surface area (Å²) in [5.41, 5.74) is 1.11. The molecule has 4 heteroatoms. The van der Waals surface area contributed by atoms with Crippen molar-refractivity contribution in [3.8, 4) is 5.75 Å². The van der Waals surface area contributed by atoms with Crippen molar-refractivity contribution in [1.82, 2.24) is 5.32 Å². The molecular weight excluding hydrogens is 182 g/mol. The van der Waals surface area contributed by atoms with Crippen molar-refractivity contribution < 1.29 is 14.6 Å². The Morgan fingerprint density at radius 1 is 1.43 bits per heavy atom. The van der Waals surface area contributed by atoms with E-state index >= 15 is 0 Å². The molecule has 4 nitrogen and oxygen atoms in total. The molecule has 2 rings (SSSR count). The highest BCUT2D eigenvalue weighted by Crippen LogP contribution is 2.25. The Hall–Kier alpha value is -1.71. The number of amides is 1. The predicted molar refractivity (Wildman–Crippen MR) is 48.4 cm³/mol. The van der Waals surface area contributed by atoms with Crippen LogP contribution in [-0.4, -0.2) is 12.3 Å². The van der Waals surface area contributed by atoms with Gasteiger partial charge in [0.2, 0.25) is 0 Å². The number of aryl methyl sites for hydroxylation is 1. The van der Waals surface area contributed by atoms with E-state index in [0.29, 0.717) is 6.42 Å². The number of para-hydroxylation sites is 1. The van der Waals surface area contributed by atoms with Gasteiger partial charge in [-0.15, -0.1) is 0 Å². The molecule has 1 amide bonds. The molecule has 14 heavy (non-hydrogen) atoms. The third kappa shape index (κ3) is 1.79. The number of carbonyl (C=O) groups is 1. The Morgan fingerprint density at radius 3 is 3.00 bits per heavy atom.